The lowest BCUT2D eigenvalue weighted by Gasteiger charge is -2.32. The molecule has 0 aliphatic heterocycles. The second-order valence-corrected chi connectivity index (χ2v) is 9.67. The summed E-state index contributed by atoms with van der Waals surface area (Å²) in [5, 5.41) is 3.14. The van der Waals surface area contributed by atoms with Gasteiger partial charge in [0.1, 0.15) is 18.3 Å². The zero-order valence-corrected chi connectivity index (χ0v) is 20.5. The number of methoxy groups -OCH3 is 1. The molecule has 0 fully saturated rings. The number of nitrogens with one attached hydrogen (secondary N) is 1. The van der Waals surface area contributed by atoms with Gasteiger partial charge in [0.15, 0.2) is 0 Å². The molecule has 0 spiro atoms. The van der Waals surface area contributed by atoms with Crippen molar-refractivity contribution in [1.82, 2.24) is 10.2 Å². The van der Waals surface area contributed by atoms with Crippen LogP contribution in [0.2, 0.25) is 10.0 Å². The summed E-state index contributed by atoms with van der Waals surface area (Å²) in [5.41, 5.74) is 0.650. The molecule has 8 nitrogen and oxygen atoms in total. The number of carbonyl (C=O) groups excluding carboxylic acids is 2. The molecule has 0 heterocycles. The van der Waals surface area contributed by atoms with Gasteiger partial charge < -0.3 is 15.0 Å². The Kier molecular flexibility index (Phi) is 8.77. The summed E-state index contributed by atoms with van der Waals surface area (Å²) in [6, 6.07) is 10.4. The number of hydrogen-bond donors (Lipinski definition) is 1. The summed E-state index contributed by atoms with van der Waals surface area (Å²) in [4.78, 5) is 27.0. The van der Waals surface area contributed by atoms with Gasteiger partial charge >= 0.3 is 0 Å². The third-order valence-electron chi connectivity index (χ3n) is 4.84. The van der Waals surface area contributed by atoms with Crippen LogP contribution in [-0.4, -0.2) is 58.1 Å². The summed E-state index contributed by atoms with van der Waals surface area (Å²) in [7, 11) is -1.02. The zero-order valence-electron chi connectivity index (χ0n) is 18.1. The van der Waals surface area contributed by atoms with E-state index in [4.69, 9.17) is 27.9 Å². The molecule has 32 heavy (non-hydrogen) atoms. The van der Waals surface area contributed by atoms with E-state index in [0.717, 1.165) is 10.6 Å². The number of amides is 2. The van der Waals surface area contributed by atoms with Crippen molar-refractivity contribution in [2.75, 3.05) is 31.3 Å². The second kappa shape index (κ2) is 10.9. The van der Waals surface area contributed by atoms with Gasteiger partial charge in [-0.1, -0.05) is 41.4 Å². The molecule has 0 bridgehead atoms. The van der Waals surface area contributed by atoms with E-state index in [1.165, 1.54) is 32.0 Å². The smallest absolute Gasteiger partial charge is 0.244 e. The lowest BCUT2D eigenvalue weighted by Crippen LogP contribution is -2.50. The average molecular weight is 502 g/mol. The van der Waals surface area contributed by atoms with Crippen molar-refractivity contribution < 1.29 is 22.7 Å². The second-order valence-electron chi connectivity index (χ2n) is 6.95. The molecule has 1 atom stereocenters. The molecule has 0 unspecified atom stereocenters. The third kappa shape index (κ3) is 6.05. The molecule has 0 saturated carbocycles. The molecule has 1 N–H and O–H groups in total. The van der Waals surface area contributed by atoms with Gasteiger partial charge in [-0.25, -0.2) is 8.42 Å². The maximum absolute atomic E-state index is 13.4. The Balaban J connectivity index is 2.48. The number of nitrogens with zero attached hydrogens (tertiary/aromatic N) is 2. The van der Waals surface area contributed by atoms with Crippen LogP contribution < -0.4 is 14.4 Å². The molecule has 11 heteroatoms. The number of carbonyl (C=O) groups is 2. The highest BCUT2D eigenvalue weighted by molar-refractivity contribution is 7.92. The highest BCUT2D eigenvalue weighted by atomic mass is 35.5. The summed E-state index contributed by atoms with van der Waals surface area (Å²) >= 11 is 12.5. The van der Waals surface area contributed by atoms with Gasteiger partial charge in [0.25, 0.3) is 0 Å². The van der Waals surface area contributed by atoms with Crippen LogP contribution in [0.1, 0.15) is 12.5 Å². The fourth-order valence-corrected chi connectivity index (χ4v) is 4.45. The number of likely N-dealkylation sites (N-methyl/N-ethyl adjacent to an activating group) is 1. The lowest BCUT2D eigenvalue weighted by molar-refractivity contribution is -0.139. The van der Waals surface area contributed by atoms with Gasteiger partial charge in [0.05, 0.1) is 19.1 Å². The summed E-state index contributed by atoms with van der Waals surface area (Å²) in [6.45, 7) is 0.896. The van der Waals surface area contributed by atoms with Gasteiger partial charge in [-0.05, 0) is 31.2 Å². The predicted molar refractivity (Wildman–Crippen MR) is 126 cm³/mol. The maximum atomic E-state index is 13.4. The van der Waals surface area contributed by atoms with Gasteiger partial charge in [0.2, 0.25) is 21.8 Å². The number of ether oxygens (including phenoxy) is 1. The number of halogens is 2. The van der Waals surface area contributed by atoms with Crippen molar-refractivity contribution >= 4 is 50.7 Å². The summed E-state index contributed by atoms with van der Waals surface area (Å²) < 4.78 is 31.3. The van der Waals surface area contributed by atoms with Crippen LogP contribution in [0.5, 0.6) is 5.75 Å². The van der Waals surface area contributed by atoms with E-state index in [2.05, 4.69) is 5.32 Å². The van der Waals surface area contributed by atoms with E-state index in [9.17, 15) is 18.0 Å². The van der Waals surface area contributed by atoms with Crippen LogP contribution in [0, 0.1) is 0 Å². The molecule has 0 aromatic heterocycles. The van der Waals surface area contributed by atoms with E-state index >= 15 is 0 Å². The highest BCUT2D eigenvalue weighted by Gasteiger charge is 2.31. The maximum Gasteiger partial charge on any atom is 0.244 e. The first-order chi connectivity index (χ1) is 15.0. The molecule has 0 aliphatic carbocycles. The van der Waals surface area contributed by atoms with Gasteiger partial charge in [-0.2, -0.15) is 0 Å². The lowest BCUT2D eigenvalue weighted by atomic mass is 10.1. The Labute approximate surface area is 198 Å². The SMILES string of the molecule is CNC(=O)[C@@H](C)N(Cc1c(Cl)cccc1Cl)C(=O)CN(c1ccccc1OC)S(C)(=O)=O. The van der Waals surface area contributed by atoms with Crippen LogP contribution in [-0.2, 0) is 26.2 Å². The molecule has 2 aromatic carbocycles. The molecule has 2 amide bonds. The van der Waals surface area contributed by atoms with Crippen LogP contribution in [0.25, 0.3) is 0 Å². The Morgan fingerprint density at radius 1 is 1.09 bits per heavy atom. The first-order valence-corrected chi connectivity index (χ1v) is 12.2. The Morgan fingerprint density at radius 3 is 2.22 bits per heavy atom. The van der Waals surface area contributed by atoms with Crippen molar-refractivity contribution in [2.24, 2.45) is 0 Å². The first-order valence-electron chi connectivity index (χ1n) is 9.56. The Bertz CT molecular complexity index is 1070. The fourth-order valence-electron chi connectivity index (χ4n) is 3.08. The highest BCUT2D eigenvalue weighted by Crippen LogP contribution is 2.30. The molecule has 174 valence electrons. The minimum Gasteiger partial charge on any atom is -0.495 e. The van der Waals surface area contributed by atoms with Crippen molar-refractivity contribution in [3.8, 4) is 5.75 Å². The van der Waals surface area contributed by atoms with Gasteiger partial charge in [0, 0.05) is 29.2 Å². The van der Waals surface area contributed by atoms with Crippen LogP contribution in [0.15, 0.2) is 42.5 Å². The summed E-state index contributed by atoms with van der Waals surface area (Å²) in [6.07, 6.45) is 0.990. The predicted octanol–water partition coefficient (Wildman–Crippen LogP) is 2.93. The molecule has 0 radical (unpaired) electrons. The van der Waals surface area contributed by atoms with Crippen molar-refractivity contribution in [3.05, 3.63) is 58.1 Å². The topological polar surface area (TPSA) is 96.0 Å². The van der Waals surface area contributed by atoms with Crippen LogP contribution in [0.3, 0.4) is 0 Å². The minimum absolute atomic E-state index is 0.0878. The number of rotatable bonds is 9. The number of hydrogen-bond acceptors (Lipinski definition) is 5. The Morgan fingerprint density at radius 2 is 1.69 bits per heavy atom. The van der Waals surface area contributed by atoms with Gasteiger partial charge in [-0.3, -0.25) is 13.9 Å². The number of sulfonamides is 1. The van der Waals surface area contributed by atoms with E-state index in [-0.39, 0.29) is 18.0 Å². The number of anilines is 1. The summed E-state index contributed by atoms with van der Waals surface area (Å²) in [5.74, 6) is -0.760. The largest absolute Gasteiger partial charge is 0.495 e. The number of benzene rings is 2. The van der Waals surface area contributed by atoms with Crippen molar-refractivity contribution in [3.63, 3.8) is 0 Å². The quantitative estimate of drug-likeness (QED) is 0.569. The minimum atomic E-state index is -3.87. The van der Waals surface area contributed by atoms with E-state index in [1.807, 2.05) is 0 Å². The first kappa shape index (κ1) is 25.8. The molecule has 0 saturated heterocycles. The van der Waals surface area contributed by atoms with Crippen molar-refractivity contribution in [1.29, 1.82) is 0 Å². The average Bonchev–Trinajstić information content (AvgIpc) is 2.75. The van der Waals surface area contributed by atoms with Gasteiger partial charge in [-0.15, -0.1) is 0 Å². The standard InChI is InChI=1S/C21H25Cl2N3O5S/c1-14(21(28)24-2)25(12-15-16(22)8-7-9-17(15)23)20(27)13-26(32(4,29)30)18-10-5-6-11-19(18)31-3/h5-11,14H,12-13H2,1-4H3,(H,24,28)/t14-/m1/s1. The van der Waals surface area contributed by atoms with E-state index in [0.29, 0.717) is 15.6 Å². The van der Waals surface area contributed by atoms with Crippen LogP contribution in [0.4, 0.5) is 5.69 Å². The molecule has 2 rings (SSSR count). The van der Waals surface area contributed by atoms with E-state index < -0.39 is 34.4 Å². The van der Waals surface area contributed by atoms with E-state index in [1.54, 1.807) is 36.4 Å². The normalized spacial score (nSPS) is 12.1. The molecular formula is C21H25Cl2N3O5S. The fraction of sp³-hybridized carbons (Fsp3) is 0.333. The number of para-hydroxylation sites is 2. The molecular weight excluding hydrogens is 477 g/mol. The molecule has 2 aromatic rings. The third-order valence-corrected chi connectivity index (χ3v) is 6.67. The van der Waals surface area contributed by atoms with Crippen molar-refractivity contribution in [2.45, 2.75) is 19.5 Å². The molecule has 0 aliphatic rings. The van der Waals surface area contributed by atoms with Crippen LogP contribution >= 0.6 is 23.2 Å². The monoisotopic (exact) mass is 501 g/mol. The Hall–Kier alpha value is -2.49. The zero-order chi connectivity index (χ0) is 24.1.